The van der Waals surface area contributed by atoms with E-state index in [2.05, 4.69) is 5.32 Å². The van der Waals surface area contributed by atoms with E-state index in [1.807, 2.05) is 32.1 Å². The van der Waals surface area contributed by atoms with Gasteiger partial charge in [0.1, 0.15) is 4.32 Å². The molecule has 0 aliphatic carbocycles. The van der Waals surface area contributed by atoms with Crippen molar-refractivity contribution < 1.29 is 29.6 Å². The predicted octanol–water partition coefficient (Wildman–Crippen LogP) is -0.982. The maximum atomic E-state index is 4.76. The normalized spacial score (nSPS) is 7.73. The minimum Gasteiger partial charge on any atom is -0.411 e. The van der Waals surface area contributed by atoms with Gasteiger partial charge in [0.25, 0.3) is 0 Å². The molecule has 0 spiro atoms. The zero-order valence-electron chi connectivity index (χ0n) is 9.99. The van der Waals surface area contributed by atoms with Gasteiger partial charge in [0, 0.05) is 20.1 Å². The Hall–Kier alpha value is 1.35. The Morgan fingerprint density at radius 3 is 1.73 bits per heavy atom. The molecule has 0 amide bonds. The second-order valence-corrected chi connectivity index (χ2v) is 4.69. The number of nitrogens with one attached hydrogen (secondary N) is 1. The Bertz CT molecular complexity index is 168. The van der Waals surface area contributed by atoms with Crippen LogP contribution in [-0.2, 0) is 12.6 Å². The second kappa shape index (κ2) is 15.4. The zero-order chi connectivity index (χ0) is 11.6. The molecule has 0 unspecified atom stereocenters. The molecule has 0 rings (SSSR count). The smallest absolute Gasteiger partial charge is 0.411 e. The third-order valence-electron chi connectivity index (χ3n) is 1.41. The summed E-state index contributed by atoms with van der Waals surface area (Å²) in [7, 11) is 1.82. The van der Waals surface area contributed by atoms with Crippen LogP contribution in [-0.4, -0.2) is 39.9 Å². The summed E-state index contributed by atoms with van der Waals surface area (Å²) in [6, 6.07) is 0. The van der Waals surface area contributed by atoms with Crippen LogP contribution in [0.4, 0.5) is 0 Å². The van der Waals surface area contributed by atoms with Crippen molar-refractivity contribution in [3.05, 3.63) is 0 Å². The molecule has 0 saturated heterocycles. The Kier molecular flexibility index (Phi) is 22.1. The molecular weight excluding hydrogens is 275 g/mol. The van der Waals surface area contributed by atoms with Gasteiger partial charge in [-0.25, -0.2) is 0 Å². The molecule has 0 heterocycles. The molecule has 2 nitrogen and oxygen atoms in total. The van der Waals surface area contributed by atoms with Crippen LogP contribution < -0.4 is 34.9 Å². The summed E-state index contributed by atoms with van der Waals surface area (Å²) in [5.41, 5.74) is 0. The van der Waals surface area contributed by atoms with Crippen molar-refractivity contribution in [1.82, 2.24) is 10.2 Å². The van der Waals surface area contributed by atoms with Crippen LogP contribution in [0.5, 0.6) is 0 Å². The van der Waals surface area contributed by atoms with Crippen molar-refractivity contribution >= 4 is 57.5 Å². The zero-order valence-corrected chi connectivity index (χ0v) is 15.3. The summed E-state index contributed by atoms with van der Waals surface area (Å²) >= 11 is 15.8. The third kappa shape index (κ3) is 15.4. The molecule has 0 aromatic rings. The molecule has 7 heteroatoms. The van der Waals surface area contributed by atoms with E-state index in [0.717, 1.165) is 17.4 Å². The summed E-state index contributed by atoms with van der Waals surface area (Å²) in [6.45, 7) is 5.95. The van der Waals surface area contributed by atoms with Crippen LogP contribution in [0.1, 0.15) is 13.8 Å². The molecule has 0 aliphatic rings. The first-order valence-electron chi connectivity index (χ1n) is 4.25. The number of hydrogen-bond acceptors (Lipinski definition) is 4. The summed E-state index contributed by atoms with van der Waals surface area (Å²) < 4.78 is 1.42. The molecule has 0 atom stereocenters. The minimum atomic E-state index is 0. The van der Waals surface area contributed by atoms with Gasteiger partial charge in [-0.1, -0.05) is 16.5 Å². The summed E-state index contributed by atoms with van der Waals surface area (Å²) in [4.78, 5) is 1.96. The average molecular weight is 292 g/mol. The monoisotopic (exact) mass is 292 g/mol. The molecule has 0 radical (unpaired) electrons. The quantitative estimate of drug-likeness (QED) is 0.397. The summed E-state index contributed by atoms with van der Waals surface area (Å²) in [5, 5.41) is 2.81. The SMILES string of the molecule is CCN(CC)C(=S)[S-].CNC(=S)SC.[Na+]. The van der Waals surface area contributed by atoms with Gasteiger partial charge in [-0.05, 0) is 20.1 Å². The van der Waals surface area contributed by atoms with Gasteiger partial charge in [-0.15, -0.1) is 11.8 Å². The number of rotatable bonds is 2. The van der Waals surface area contributed by atoms with E-state index in [1.165, 1.54) is 0 Å². The van der Waals surface area contributed by atoms with E-state index in [4.69, 9.17) is 37.1 Å². The van der Waals surface area contributed by atoms with Crippen LogP contribution in [0.25, 0.3) is 0 Å². The number of nitrogens with zero attached hydrogens (tertiary/aromatic N) is 1. The van der Waals surface area contributed by atoms with Crippen LogP contribution in [0, 0.1) is 0 Å². The first-order chi connectivity index (χ1) is 6.53. The Labute approximate surface area is 136 Å². The van der Waals surface area contributed by atoms with E-state index in [1.54, 1.807) is 11.8 Å². The van der Waals surface area contributed by atoms with Crippen molar-refractivity contribution in [2.75, 3.05) is 26.4 Å². The predicted molar refractivity (Wildman–Crippen MR) is 78.1 cm³/mol. The van der Waals surface area contributed by atoms with Crippen LogP contribution in [0.2, 0.25) is 0 Å². The van der Waals surface area contributed by atoms with Crippen molar-refractivity contribution in [1.29, 1.82) is 0 Å². The maximum absolute atomic E-state index is 4.76. The van der Waals surface area contributed by atoms with E-state index >= 15 is 0 Å². The first kappa shape index (κ1) is 21.6. The largest absolute Gasteiger partial charge is 1.00 e. The third-order valence-corrected chi connectivity index (χ3v) is 3.21. The molecule has 0 aromatic heterocycles. The van der Waals surface area contributed by atoms with E-state index in [-0.39, 0.29) is 29.6 Å². The molecule has 0 saturated carbocycles. The van der Waals surface area contributed by atoms with Gasteiger partial charge in [0.15, 0.2) is 0 Å². The fourth-order valence-electron chi connectivity index (χ4n) is 0.584. The Balaban J connectivity index is -0.000000187. The van der Waals surface area contributed by atoms with E-state index in [9.17, 15) is 0 Å². The number of thiocarbonyl (C=S) groups is 2. The molecule has 15 heavy (non-hydrogen) atoms. The molecule has 0 fully saturated rings. The average Bonchev–Trinajstić information content (AvgIpc) is 2.19. The molecule has 84 valence electrons. The van der Waals surface area contributed by atoms with E-state index in [0.29, 0.717) is 4.32 Å². The second-order valence-electron chi connectivity index (χ2n) is 2.18. The van der Waals surface area contributed by atoms with Crippen molar-refractivity contribution in [2.24, 2.45) is 0 Å². The maximum Gasteiger partial charge on any atom is 1.00 e. The van der Waals surface area contributed by atoms with Gasteiger partial charge in [-0.3, -0.25) is 0 Å². The van der Waals surface area contributed by atoms with Crippen molar-refractivity contribution in [3.8, 4) is 0 Å². The minimum absolute atomic E-state index is 0. The summed E-state index contributed by atoms with van der Waals surface area (Å²) in [5.74, 6) is 0. The van der Waals surface area contributed by atoms with Gasteiger partial charge >= 0.3 is 29.6 Å². The fraction of sp³-hybridized carbons (Fsp3) is 0.750. The van der Waals surface area contributed by atoms with Gasteiger partial charge < -0.3 is 35.1 Å². The van der Waals surface area contributed by atoms with Crippen LogP contribution in [0.15, 0.2) is 0 Å². The van der Waals surface area contributed by atoms with Crippen molar-refractivity contribution in [2.45, 2.75) is 13.8 Å². The fourth-order valence-corrected chi connectivity index (χ4v) is 1.30. The first-order valence-corrected chi connectivity index (χ1v) is 6.69. The molecule has 0 bridgehead atoms. The Morgan fingerprint density at radius 1 is 1.33 bits per heavy atom. The van der Waals surface area contributed by atoms with E-state index < -0.39 is 0 Å². The standard InChI is InChI=1S/C5H11NS2.C3H7NS2.Na/c1-3-6(4-2)5(7)8;1-4-3(5)6-2;/h3-4H2,1-2H3,(H,7,8);1-2H3,(H,4,5);/q;;+1/p-1. The summed E-state index contributed by atoms with van der Waals surface area (Å²) in [6.07, 6.45) is 1.94. The number of hydrogen-bond donors (Lipinski definition) is 1. The number of thioether (sulfide) groups is 1. The molecular formula is C8H17N2NaS4. The van der Waals surface area contributed by atoms with Gasteiger partial charge in [0.05, 0.1) is 0 Å². The Morgan fingerprint density at radius 2 is 1.73 bits per heavy atom. The molecule has 0 aromatic carbocycles. The molecule has 0 aliphatic heterocycles. The van der Waals surface area contributed by atoms with Crippen molar-refractivity contribution in [3.63, 3.8) is 0 Å². The topological polar surface area (TPSA) is 15.3 Å². The van der Waals surface area contributed by atoms with Crippen LogP contribution in [0.3, 0.4) is 0 Å². The van der Waals surface area contributed by atoms with Gasteiger partial charge in [-0.2, -0.15) is 0 Å². The van der Waals surface area contributed by atoms with Crippen LogP contribution >= 0.6 is 36.2 Å². The van der Waals surface area contributed by atoms with Gasteiger partial charge in [0.2, 0.25) is 0 Å². The molecule has 1 N–H and O–H groups in total.